The number of nitrogens with zero attached hydrogens (tertiary/aromatic N) is 1. The summed E-state index contributed by atoms with van der Waals surface area (Å²) in [6.45, 7) is 0. The number of aryl methyl sites for hydroxylation is 1. The Bertz CT molecular complexity index is 2040. The highest BCUT2D eigenvalue weighted by atomic mass is 16.7. The highest BCUT2D eigenvalue weighted by Gasteiger charge is 2.38. The topological polar surface area (TPSA) is 12.5 Å². The first-order chi connectivity index (χ1) is 17.4. The van der Waals surface area contributed by atoms with E-state index in [1.165, 1.54) is 70.4 Å². The molecule has 1 aliphatic carbocycles. The lowest BCUT2D eigenvalue weighted by molar-refractivity contribution is 0.0544. The van der Waals surface area contributed by atoms with Crippen LogP contribution in [0.1, 0.15) is 29.2 Å². The van der Waals surface area contributed by atoms with Crippen molar-refractivity contribution >= 4 is 43.7 Å². The van der Waals surface area contributed by atoms with E-state index in [0.29, 0.717) is 0 Å². The lowest BCUT2D eigenvalue weighted by atomic mass is 9.80. The Balaban J connectivity index is 1.60. The number of fused-ring (bicyclic) bond motifs is 3. The fraction of sp³-hybridized carbons (Fsp3) is 0.0909. The molecule has 3 heterocycles. The third kappa shape index (κ3) is 2.15. The molecule has 0 unspecified atom stereocenters. The molecule has 1 atom stereocenters. The Labute approximate surface area is 201 Å². The number of hydrogen-bond donors (Lipinski definition) is 0. The summed E-state index contributed by atoms with van der Waals surface area (Å²) >= 11 is 0. The van der Waals surface area contributed by atoms with Crippen molar-refractivity contribution < 1.29 is 4.84 Å². The van der Waals surface area contributed by atoms with E-state index in [4.69, 9.17) is 4.84 Å². The average molecular weight is 448 g/mol. The van der Waals surface area contributed by atoms with Gasteiger partial charge in [0.1, 0.15) is 6.10 Å². The van der Waals surface area contributed by atoms with Crippen LogP contribution in [0.3, 0.4) is 0 Å². The van der Waals surface area contributed by atoms with Crippen LogP contribution < -0.4 is 10.3 Å². The molecule has 4 bridgehead atoms. The van der Waals surface area contributed by atoms with Crippen molar-refractivity contribution in [3.05, 3.63) is 129 Å². The third-order valence-corrected chi connectivity index (χ3v) is 8.29. The summed E-state index contributed by atoms with van der Waals surface area (Å²) in [7, 11) is 0. The molecule has 0 aromatic heterocycles. The maximum atomic E-state index is 7.07. The van der Waals surface area contributed by atoms with Crippen LogP contribution in [-0.2, 0) is 11.3 Å². The molecule has 0 saturated heterocycles. The highest BCUT2D eigenvalue weighted by Crippen LogP contribution is 2.53. The van der Waals surface area contributed by atoms with E-state index in [1.54, 1.807) is 0 Å². The second-order valence-electron chi connectivity index (χ2n) is 9.98. The second-order valence-corrected chi connectivity index (χ2v) is 9.98. The first-order valence-electron chi connectivity index (χ1n) is 12.5. The zero-order chi connectivity index (χ0) is 22.7. The summed E-state index contributed by atoms with van der Waals surface area (Å²) in [4.78, 5) is 7.07. The summed E-state index contributed by atoms with van der Waals surface area (Å²) in [6.07, 6.45) is 2.07. The summed E-state index contributed by atoms with van der Waals surface area (Å²) in [5, 5.41) is 14.1. The summed E-state index contributed by atoms with van der Waals surface area (Å²) in [5.41, 5.74) is 6.39. The Hall–Kier alpha value is -4.14. The Morgan fingerprint density at radius 1 is 0.657 bits per heavy atom. The van der Waals surface area contributed by atoms with Crippen molar-refractivity contribution in [2.24, 2.45) is 0 Å². The second kappa shape index (κ2) is 6.29. The molecular weight excluding hydrogens is 426 g/mol. The van der Waals surface area contributed by atoms with Gasteiger partial charge in [0.2, 0.25) is 0 Å². The van der Waals surface area contributed by atoms with Crippen LogP contribution in [0.25, 0.3) is 38.0 Å². The highest BCUT2D eigenvalue weighted by molar-refractivity contribution is 6.24. The van der Waals surface area contributed by atoms with Crippen LogP contribution in [0, 0.1) is 10.4 Å². The lowest BCUT2D eigenvalue weighted by Gasteiger charge is -2.30. The molecule has 164 valence electrons. The van der Waals surface area contributed by atoms with Crippen LogP contribution in [0.5, 0.6) is 0 Å². The van der Waals surface area contributed by atoms with Crippen molar-refractivity contribution in [1.82, 2.24) is 0 Å². The van der Waals surface area contributed by atoms with Gasteiger partial charge in [-0.05, 0) is 67.6 Å². The predicted octanol–water partition coefficient (Wildman–Crippen LogP) is 7.06. The van der Waals surface area contributed by atoms with E-state index in [1.807, 2.05) is 0 Å². The average Bonchev–Trinajstić information content (AvgIpc) is 3.18. The standard InChI is InChI=1S/C33H21NO/c1-2-8-20(9-3-1)32-23-13-5-4-12-21(23)27-18-26-22-14-6-10-19-11-7-15-24(29(19)22)31-28-17-16-25(30(26)31)33(27)34(32)35-28/h1-15,18,28H,16-17H2/t28-/m1/s1. The van der Waals surface area contributed by atoms with Crippen LogP contribution in [-0.4, -0.2) is 0 Å². The van der Waals surface area contributed by atoms with E-state index >= 15 is 0 Å². The van der Waals surface area contributed by atoms with Crippen LogP contribution in [0.15, 0.2) is 97.1 Å². The fourth-order valence-corrected chi connectivity index (χ4v) is 6.96. The largest absolute Gasteiger partial charge is 0.260 e. The van der Waals surface area contributed by atoms with Crippen molar-refractivity contribution in [1.29, 1.82) is 0 Å². The van der Waals surface area contributed by atoms with E-state index in [-0.39, 0.29) is 6.10 Å². The van der Waals surface area contributed by atoms with Gasteiger partial charge in [-0.1, -0.05) is 91.0 Å². The van der Waals surface area contributed by atoms with Crippen molar-refractivity contribution in [3.8, 4) is 0 Å². The van der Waals surface area contributed by atoms with Gasteiger partial charge in [0, 0.05) is 16.0 Å². The minimum Gasteiger partial charge on any atom is -0.260 e. The quantitative estimate of drug-likeness (QED) is 0.198. The zero-order valence-electron chi connectivity index (χ0n) is 19.1. The molecule has 4 aliphatic rings. The van der Waals surface area contributed by atoms with Gasteiger partial charge in [0.15, 0.2) is 0 Å². The van der Waals surface area contributed by atoms with Crippen LogP contribution in [0.2, 0.25) is 0 Å². The number of hydroxylamine groups is 1. The van der Waals surface area contributed by atoms with Gasteiger partial charge in [-0.3, -0.25) is 4.84 Å². The van der Waals surface area contributed by atoms with Gasteiger partial charge < -0.3 is 0 Å². The van der Waals surface area contributed by atoms with E-state index in [2.05, 4.69) is 102 Å². The van der Waals surface area contributed by atoms with Crippen molar-refractivity contribution in [2.75, 3.05) is 5.06 Å². The van der Waals surface area contributed by atoms with Gasteiger partial charge in [0.25, 0.3) is 0 Å². The molecular formula is C33H21NO. The summed E-state index contributed by atoms with van der Waals surface area (Å²) in [6, 6.07) is 35.5. The van der Waals surface area contributed by atoms with Gasteiger partial charge >= 0.3 is 0 Å². The molecule has 6 aromatic carbocycles. The molecule has 0 amide bonds. The maximum absolute atomic E-state index is 7.07. The van der Waals surface area contributed by atoms with E-state index in [9.17, 15) is 0 Å². The Morgan fingerprint density at radius 3 is 2.29 bits per heavy atom. The molecule has 2 heteroatoms. The van der Waals surface area contributed by atoms with E-state index < -0.39 is 0 Å². The molecule has 35 heavy (non-hydrogen) atoms. The normalized spacial score (nSPS) is 17.5. The predicted molar refractivity (Wildman–Crippen MR) is 142 cm³/mol. The number of benzene rings is 6. The molecule has 6 aromatic rings. The van der Waals surface area contributed by atoms with Crippen LogP contribution >= 0.6 is 0 Å². The first kappa shape index (κ1) is 18.2. The molecule has 2 nitrogen and oxygen atoms in total. The van der Waals surface area contributed by atoms with Crippen molar-refractivity contribution in [2.45, 2.75) is 18.9 Å². The van der Waals surface area contributed by atoms with Gasteiger partial charge in [0.05, 0.1) is 11.4 Å². The Morgan fingerprint density at radius 2 is 1.43 bits per heavy atom. The molecule has 0 radical (unpaired) electrons. The molecule has 0 spiro atoms. The lowest BCUT2D eigenvalue weighted by Crippen LogP contribution is -2.32. The monoisotopic (exact) mass is 447 g/mol. The summed E-state index contributed by atoms with van der Waals surface area (Å²) in [5.74, 6) is 0. The fourth-order valence-electron chi connectivity index (χ4n) is 6.96. The maximum Gasteiger partial charge on any atom is 0.113 e. The van der Waals surface area contributed by atoms with Gasteiger partial charge in [-0.2, -0.15) is 0 Å². The smallest absolute Gasteiger partial charge is 0.113 e. The summed E-state index contributed by atoms with van der Waals surface area (Å²) < 4.78 is 0. The van der Waals surface area contributed by atoms with Crippen molar-refractivity contribution in [3.63, 3.8) is 0 Å². The zero-order valence-corrected chi connectivity index (χ0v) is 19.1. The first-order valence-corrected chi connectivity index (χ1v) is 12.5. The Kier molecular flexibility index (Phi) is 3.28. The molecule has 0 saturated carbocycles. The van der Waals surface area contributed by atoms with Gasteiger partial charge in [-0.15, -0.1) is 0 Å². The van der Waals surface area contributed by atoms with Gasteiger partial charge in [-0.25, -0.2) is 5.06 Å². The molecule has 0 fully saturated rings. The number of rotatable bonds is 1. The molecule has 0 N–H and O–H groups in total. The number of hydrogen-bond acceptors (Lipinski definition) is 2. The van der Waals surface area contributed by atoms with Crippen LogP contribution in [0.4, 0.5) is 5.69 Å². The minimum absolute atomic E-state index is 0.0249. The minimum atomic E-state index is 0.0249. The van der Waals surface area contributed by atoms with E-state index in [0.717, 1.165) is 18.5 Å². The number of anilines is 1. The molecule has 10 rings (SSSR count). The third-order valence-electron chi connectivity index (χ3n) is 8.29. The molecule has 3 aliphatic heterocycles. The SMILES string of the molecule is c1ccc(C2=c3ccccc3=c3cc4c5c6c3N2O[C@H](CC6)c5c2cccc3cccc4c32)cc1.